The summed E-state index contributed by atoms with van der Waals surface area (Å²) in [6.07, 6.45) is 8.61. The number of fused-ring (bicyclic) bond motifs is 1. The molecule has 176 valence electrons. The molecule has 0 bridgehead atoms. The van der Waals surface area contributed by atoms with E-state index < -0.39 is 0 Å². The fourth-order valence-electron chi connectivity index (χ4n) is 4.31. The van der Waals surface area contributed by atoms with E-state index >= 15 is 0 Å². The van der Waals surface area contributed by atoms with Crippen LogP contribution in [0.25, 0.3) is 0 Å². The lowest BCUT2D eigenvalue weighted by Gasteiger charge is -2.25. The number of thiophene rings is 1. The van der Waals surface area contributed by atoms with Gasteiger partial charge in [-0.1, -0.05) is 0 Å². The second kappa shape index (κ2) is 9.06. The highest BCUT2D eigenvalue weighted by Gasteiger charge is 2.34. The first-order valence-electron chi connectivity index (χ1n) is 11.7. The zero-order valence-corrected chi connectivity index (χ0v) is 20.6. The van der Waals surface area contributed by atoms with E-state index in [0.29, 0.717) is 34.6 Å². The van der Waals surface area contributed by atoms with E-state index in [9.17, 15) is 9.59 Å². The minimum absolute atomic E-state index is 0.0386. The zero-order chi connectivity index (χ0) is 23.1. The number of hydrogen-bond donors (Lipinski definition) is 4. The van der Waals surface area contributed by atoms with Gasteiger partial charge in [0.1, 0.15) is 5.00 Å². The van der Waals surface area contributed by atoms with Gasteiger partial charge < -0.3 is 21.3 Å². The van der Waals surface area contributed by atoms with Crippen LogP contribution in [0.2, 0.25) is 0 Å². The molecule has 0 aromatic carbocycles. The molecule has 3 aliphatic rings. The summed E-state index contributed by atoms with van der Waals surface area (Å²) in [5.41, 5.74) is 3.46. The van der Waals surface area contributed by atoms with Crippen LogP contribution < -0.4 is 21.3 Å². The Kier molecular flexibility index (Phi) is 6.13. The smallest absolute Gasteiger partial charge is 0.254 e. The van der Waals surface area contributed by atoms with Crippen LogP contribution in [0.1, 0.15) is 58.6 Å². The van der Waals surface area contributed by atoms with Gasteiger partial charge in [0.15, 0.2) is 5.11 Å². The highest BCUT2D eigenvalue weighted by atomic mass is 32.1. The summed E-state index contributed by atoms with van der Waals surface area (Å²) in [6.45, 7) is 2.65. The summed E-state index contributed by atoms with van der Waals surface area (Å²) in [4.78, 5) is 26.8. The number of nitrogens with zero attached hydrogens (tertiary/aromatic N) is 2. The van der Waals surface area contributed by atoms with Gasteiger partial charge in [-0.25, -0.2) is 0 Å². The third-order valence-electron chi connectivity index (χ3n) is 6.52. The van der Waals surface area contributed by atoms with E-state index in [1.54, 1.807) is 16.0 Å². The van der Waals surface area contributed by atoms with Crippen molar-refractivity contribution < 1.29 is 9.59 Å². The molecule has 2 saturated carbocycles. The molecule has 10 heteroatoms. The molecule has 0 radical (unpaired) electrons. The topological polar surface area (TPSA) is 100 Å². The van der Waals surface area contributed by atoms with E-state index in [1.807, 2.05) is 20.2 Å². The number of nitrogens with one attached hydrogen (secondary N) is 4. The van der Waals surface area contributed by atoms with Gasteiger partial charge in [-0.2, -0.15) is 5.10 Å². The molecule has 0 saturated heterocycles. The third kappa shape index (κ3) is 5.22. The maximum Gasteiger partial charge on any atom is 0.254 e. The molecule has 8 nitrogen and oxygen atoms in total. The number of carbonyl (C=O) groups is 2. The molecule has 0 unspecified atom stereocenters. The van der Waals surface area contributed by atoms with Crippen molar-refractivity contribution in [2.45, 2.75) is 57.9 Å². The number of amides is 2. The Labute approximate surface area is 202 Å². The van der Waals surface area contributed by atoms with Crippen molar-refractivity contribution in [3.8, 4) is 0 Å². The number of anilines is 2. The molecular weight excluding hydrogens is 456 g/mol. The summed E-state index contributed by atoms with van der Waals surface area (Å²) in [5.74, 6) is 0.663. The first-order valence-corrected chi connectivity index (χ1v) is 12.9. The highest BCUT2D eigenvalue weighted by molar-refractivity contribution is 7.80. The molecule has 3 aliphatic carbocycles. The minimum Gasteiger partial charge on any atom is -0.359 e. The quantitative estimate of drug-likeness (QED) is 0.449. The number of aryl methyl sites for hydroxylation is 3. The van der Waals surface area contributed by atoms with Crippen LogP contribution in [0.3, 0.4) is 0 Å². The third-order valence-corrected chi connectivity index (χ3v) is 7.95. The van der Waals surface area contributed by atoms with Crippen LogP contribution in [-0.4, -0.2) is 39.3 Å². The van der Waals surface area contributed by atoms with E-state index in [4.69, 9.17) is 12.2 Å². The average Bonchev–Trinajstić information content (AvgIpc) is 3.68. The molecule has 0 spiro atoms. The van der Waals surface area contributed by atoms with E-state index in [1.165, 1.54) is 17.7 Å². The Bertz CT molecular complexity index is 1100. The van der Waals surface area contributed by atoms with Gasteiger partial charge in [0.2, 0.25) is 5.91 Å². The Morgan fingerprint density at radius 2 is 2.00 bits per heavy atom. The maximum absolute atomic E-state index is 13.2. The van der Waals surface area contributed by atoms with E-state index in [2.05, 4.69) is 26.4 Å². The normalized spacial score (nSPS) is 19.5. The molecule has 2 aromatic heterocycles. The highest BCUT2D eigenvalue weighted by Crippen LogP contribution is 2.40. The largest absolute Gasteiger partial charge is 0.359 e. The SMILES string of the molecule is Cc1nn(C)cc1NC(=S)N[C@H]1CCc2sc(NC(=O)C3CC3)c(C(=O)NCC3CC3)c2C1. The van der Waals surface area contributed by atoms with E-state index in [0.717, 1.165) is 42.6 Å². The van der Waals surface area contributed by atoms with Gasteiger partial charge in [0.25, 0.3) is 5.91 Å². The van der Waals surface area contributed by atoms with Gasteiger partial charge in [-0.15, -0.1) is 11.3 Å². The Morgan fingerprint density at radius 3 is 2.67 bits per heavy atom. The van der Waals surface area contributed by atoms with E-state index in [-0.39, 0.29) is 23.8 Å². The Morgan fingerprint density at radius 1 is 1.21 bits per heavy atom. The van der Waals surface area contributed by atoms with Crippen molar-refractivity contribution in [3.63, 3.8) is 0 Å². The second-order valence-corrected chi connectivity index (χ2v) is 11.0. The minimum atomic E-state index is -0.0715. The summed E-state index contributed by atoms with van der Waals surface area (Å²) < 4.78 is 1.75. The average molecular weight is 487 g/mol. The molecule has 2 aromatic rings. The predicted molar refractivity (Wildman–Crippen MR) is 134 cm³/mol. The van der Waals surface area contributed by atoms with Gasteiger partial charge in [-0.3, -0.25) is 14.3 Å². The molecular formula is C23H30N6O2S2. The monoisotopic (exact) mass is 486 g/mol. The summed E-state index contributed by atoms with van der Waals surface area (Å²) in [7, 11) is 1.88. The first kappa shape index (κ1) is 22.3. The van der Waals surface area contributed by atoms with Crippen LogP contribution in [0.15, 0.2) is 6.20 Å². The van der Waals surface area contributed by atoms with Crippen LogP contribution in [-0.2, 0) is 24.7 Å². The Balaban J connectivity index is 1.31. The summed E-state index contributed by atoms with van der Waals surface area (Å²) in [6, 6.07) is 0.117. The van der Waals surface area contributed by atoms with Crippen LogP contribution in [0.4, 0.5) is 10.7 Å². The summed E-state index contributed by atoms with van der Waals surface area (Å²) in [5, 5.41) is 18.4. The Hall–Kier alpha value is -2.46. The lowest BCUT2D eigenvalue weighted by Crippen LogP contribution is -2.41. The van der Waals surface area contributed by atoms with Crippen molar-refractivity contribution >= 4 is 51.2 Å². The fraction of sp³-hybridized carbons (Fsp3) is 0.565. The fourth-order valence-corrected chi connectivity index (χ4v) is 5.83. The molecule has 4 N–H and O–H groups in total. The molecule has 2 heterocycles. The number of thiocarbonyl (C=S) groups is 1. The van der Waals surface area contributed by atoms with Gasteiger partial charge in [0.05, 0.1) is 16.9 Å². The number of aromatic nitrogens is 2. The molecule has 5 rings (SSSR count). The van der Waals surface area contributed by atoms with Crippen molar-refractivity contribution in [3.05, 3.63) is 27.9 Å². The van der Waals surface area contributed by atoms with Crippen molar-refractivity contribution in [1.29, 1.82) is 0 Å². The van der Waals surface area contributed by atoms with Crippen LogP contribution in [0.5, 0.6) is 0 Å². The molecule has 0 aliphatic heterocycles. The van der Waals surface area contributed by atoms with Gasteiger partial charge in [0, 0.05) is 36.6 Å². The van der Waals surface area contributed by atoms with Crippen molar-refractivity contribution in [2.24, 2.45) is 18.9 Å². The van der Waals surface area contributed by atoms with Crippen molar-refractivity contribution in [1.82, 2.24) is 20.4 Å². The lowest BCUT2D eigenvalue weighted by molar-refractivity contribution is -0.117. The number of carbonyl (C=O) groups excluding carboxylic acids is 2. The molecule has 2 fully saturated rings. The maximum atomic E-state index is 13.2. The van der Waals surface area contributed by atoms with Gasteiger partial charge >= 0.3 is 0 Å². The van der Waals surface area contributed by atoms with Gasteiger partial charge in [-0.05, 0) is 75.6 Å². The number of rotatable bonds is 7. The lowest BCUT2D eigenvalue weighted by atomic mass is 9.91. The molecule has 1 atom stereocenters. The first-order chi connectivity index (χ1) is 15.9. The number of hydrogen-bond acceptors (Lipinski definition) is 5. The molecule has 33 heavy (non-hydrogen) atoms. The predicted octanol–water partition coefficient (Wildman–Crippen LogP) is 3.12. The summed E-state index contributed by atoms with van der Waals surface area (Å²) >= 11 is 7.11. The zero-order valence-electron chi connectivity index (χ0n) is 19.0. The second-order valence-electron chi connectivity index (χ2n) is 9.46. The van der Waals surface area contributed by atoms with Crippen LogP contribution >= 0.6 is 23.6 Å². The van der Waals surface area contributed by atoms with Crippen molar-refractivity contribution in [2.75, 3.05) is 17.2 Å². The standard InChI is InChI=1S/C23H30N6O2S2/c1-12-17(11-29(2)28-12)26-23(32)25-15-7-8-18-16(9-15)19(21(31)24-10-13-3-4-13)22(33-18)27-20(30)14-5-6-14/h11,13-15H,3-10H2,1-2H3,(H,24,31)(H,27,30)(H2,25,26,32)/t15-/m0/s1. The van der Waals surface area contributed by atoms with Crippen LogP contribution in [0, 0.1) is 18.8 Å². The molecule has 2 amide bonds.